The lowest BCUT2D eigenvalue weighted by Crippen LogP contribution is -2.30. The fourth-order valence-electron chi connectivity index (χ4n) is 2.24. The number of benzene rings is 1. The number of amides is 1. The van der Waals surface area contributed by atoms with Gasteiger partial charge in [0, 0.05) is 20.4 Å². The van der Waals surface area contributed by atoms with Crippen LogP contribution in [0.2, 0.25) is 0 Å². The Bertz CT molecular complexity index is 639. The standard InChI is InChI=1S/C17H20FNO5/c1-17(2)23-14(16(21)24-17)11-15(20)19(22-3)10-4-5-12-6-8-13(18)9-7-12/h6-9,11H,4-5,10H2,1-3H3. The Morgan fingerprint density at radius 2 is 1.96 bits per heavy atom. The van der Waals surface area contributed by atoms with E-state index in [4.69, 9.17) is 14.3 Å². The van der Waals surface area contributed by atoms with E-state index in [1.54, 1.807) is 26.0 Å². The molecule has 130 valence electrons. The number of hydroxylamine groups is 2. The molecule has 0 aliphatic carbocycles. The molecule has 1 aliphatic rings. The highest BCUT2D eigenvalue weighted by Crippen LogP contribution is 2.26. The molecule has 1 aromatic carbocycles. The molecule has 1 aromatic rings. The summed E-state index contributed by atoms with van der Waals surface area (Å²) in [6.45, 7) is 3.47. The number of nitrogens with zero attached hydrogens (tertiary/aromatic N) is 1. The molecule has 2 rings (SSSR count). The second kappa shape index (κ2) is 7.44. The summed E-state index contributed by atoms with van der Waals surface area (Å²) in [5.41, 5.74) is 0.961. The van der Waals surface area contributed by atoms with Crippen molar-refractivity contribution in [1.29, 1.82) is 0 Å². The second-order valence-corrected chi connectivity index (χ2v) is 5.75. The Hall–Kier alpha value is -2.41. The van der Waals surface area contributed by atoms with Crippen molar-refractivity contribution >= 4 is 11.9 Å². The van der Waals surface area contributed by atoms with E-state index in [2.05, 4.69) is 0 Å². The van der Waals surface area contributed by atoms with E-state index in [0.717, 1.165) is 16.7 Å². The quantitative estimate of drug-likeness (QED) is 0.453. The topological polar surface area (TPSA) is 65.1 Å². The van der Waals surface area contributed by atoms with Crippen molar-refractivity contribution in [3.63, 3.8) is 0 Å². The van der Waals surface area contributed by atoms with Crippen LogP contribution in [0.1, 0.15) is 25.8 Å². The fourth-order valence-corrected chi connectivity index (χ4v) is 2.24. The van der Waals surface area contributed by atoms with Gasteiger partial charge in [0.05, 0.1) is 13.2 Å². The summed E-state index contributed by atoms with van der Waals surface area (Å²) in [5.74, 6) is -2.71. The first kappa shape index (κ1) is 17.9. The number of esters is 1. The largest absolute Gasteiger partial charge is 0.445 e. The average Bonchev–Trinajstić information content (AvgIpc) is 2.77. The molecule has 0 radical (unpaired) electrons. The van der Waals surface area contributed by atoms with Crippen molar-refractivity contribution in [2.24, 2.45) is 0 Å². The molecule has 0 spiro atoms. The summed E-state index contributed by atoms with van der Waals surface area (Å²) in [6.07, 6.45) is 2.33. The maximum absolute atomic E-state index is 12.8. The van der Waals surface area contributed by atoms with Gasteiger partial charge < -0.3 is 9.47 Å². The monoisotopic (exact) mass is 337 g/mol. The van der Waals surface area contributed by atoms with Crippen molar-refractivity contribution in [1.82, 2.24) is 5.06 Å². The van der Waals surface area contributed by atoms with E-state index < -0.39 is 17.7 Å². The maximum Gasteiger partial charge on any atom is 0.377 e. The number of carbonyl (C=O) groups excluding carboxylic acids is 2. The van der Waals surface area contributed by atoms with Crippen LogP contribution in [0.5, 0.6) is 0 Å². The Morgan fingerprint density at radius 1 is 1.29 bits per heavy atom. The van der Waals surface area contributed by atoms with Gasteiger partial charge in [0.2, 0.25) is 11.5 Å². The molecule has 1 fully saturated rings. The lowest BCUT2D eigenvalue weighted by Gasteiger charge is -2.18. The molecule has 1 aliphatic heterocycles. The van der Waals surface area contributed by atoms with E-state index in [9.17, 15) is 14.0 Å². The first-order valence-electron chi connectivity index (χ1n) is 7.55. The minimum absolute atomic E-state index is 0.148. The molecule has 0 bridgehead atoms. The number of halogens is 1. The molecule has 6 nitrogen and oxygen atoms in total. The normalized spacial score (nSPS) is 17.5. The SMILES string of the molecule is CON(CCCc1ccc(F)cc1)C(=O)C=C1OC(C)(C)OC1=O. The third kappa shape index (κ3) is 4.79. The van der Waals surface area contributed by atoms with Crippen LogP contribution in [0.15, 0.2) is 36.1 Å². The third-order valence-electron chi connectivity index (χ3n) is 3.36. The van der Waals surface area contributed by atoms with Crippen molar-refractivity contribution in [3.05, 3.63) is 47.5 Å². The zero-order valence-electron chi connectivity index (χ0n) is 13.9. The molecule has 7 heteroatoms. The van der Waals surface area contributed by atoms with Gasteiger partial charge in [-0.1, -0.05) is 12.1 Å². The predicted molar refractivity (Wildman–Crippen MR) is 82.8 cm³/mol. The van der Waals surface area contributed by atoms with Gasteiger partial charge in [-0.05, 0) is 30.5 Å². The number of carbonyl (C=O) groups is 2. The summed E-state index contributed by atoms with van der Waals surface area (Å²) in [7, 11) is 1.37. The minimum Gasteiger partial charge on any atom is -0.445 e. The van der Waals surface area contributed by atoms with Crippen LogP contribution in [0.25, 0.3) is 0 Å². The minimum atomic E-state index is -1.08. The second-order valence-electron chi connectivity index (χ2n) is 5.75. The van der Waals surface area contributed by atoms with Gasteiger partial charge in [-0.2, -0.15) is 0 Å². The van der Waals surface area contributed by atoms with Crippen molar-refractivity contribution in [2.45, 2.75) is 32.5 Å². The first-order chi connectivity index (χ1) is 11.3. The van der Waals surface area contributed by atoms with Crippen molar-refractivity contribution in [3.8, 4) is 0 Å². The lowest BCUT2D eigenvalue weighted by molar-refractivity contribution is -0.170. The van der Waals surface area contributed by atoms with Crippen LogP contribution in [0, 0.1) is 5.82 Å². The third-order valence-corrected chi connectivity index (χ3v) is 3.36. The fraction of sp³-hybridized carbons (Fsp3) is 0.412. The highest BCUT2D eigenvalue weighted by Gasteiger charge is 2.38. The van der Waals surface area contributed by atoms with Gasteiger partial charge in [0.1, 0.15) is 5.82 Å². The van der Waals surface area contributed by atoms with E-state index >= 15 is 0 Å². The smallest absolute Gasteiger partial charge is 0.377 e. The highest BCUT2D eigenvalue weighted by atomic mass is 19.1. The van der Waals surface area contributed by atoms with Gasteiger partial charge in [-0.3, -0.25) is 9.63 Å². The number of aryl methyl sites for hydroxylation is 1. The number of rotatable bonds is 6. The Balaban J connectivity index is 1.90. The molecule has 0 saturated carbocycles. The molecule has 1 heterocycles. The maximum atomic E-state index is 12.8. The molecule has 0 aromatic heterocycles. The summed E-state index contributed by atoms with van der Waals surface area (Å²) < 4.78 is 23.1. The first-order valence-corrected chi connectivity index (χ1v) is 7.55. The molecular weight excluding hydrogens is 317 g/mol. The Morgan fingerprint density at radius 3 is 2.50 bits per heavy atom. The zero-order valence-corrected chi connectivity index (χ0v) is 13.9. The van der Waals surface area contributed by atoms with Crippen molar-refractivity contribution in [2.75, 3.05) is 13.7 Å². The Kier molecular flexibility index (Phi) is 5.56. The van der Waals surface area contributed by atoms with E-state index in [1.165, 1.54) is 19.2 Å². The number of cyclic esters (lactones) is 1. The van der Waals surface area contributed by atoms with Crippen LogP contribution < -0.4 is 0 Å². The average molecular weight is 337 g/mol. The molecule has 0 unspecified atom stereocenters. The summed E-state index contributed by atoms with van der Waals surface area (Å²) in [4.78, 5) is 28.8. The molecule has 0 atom stereocenters. The summed E-state index contributed by atoms with van der Waals surface area (Å²) in [6, 6.07) is 6.18. The zero-order chi connectivity index (χ0) is 17.7. The predicted octanol–water partition coefficient (Wildman–Crippen LogP) is 2.34. The molecule has 1 amide bonds. The van der Waals surface area contributed by atoms with Gasteiger partial charge in [0.15, 0.2) is 0 Å². The molecule has 0 N–H and O–H groups in total. The molecular formula is C17H20FNO5. The van der Waals surface area contributed by atoms with Crippen LogP contribution >= 0.6 is 0 Å². The van der Waals surface area contributed by atoms with E-state index in [-0.39, 0.29) is 11.6 Å². The summed E-state index contributed by atoms with van der Waals surface area (Å²) >= 11 is 0. The number of ether oxygens (including phenoxy) is 2. The van der Waals surface area contributed by atoms with Crippen LogP contribution in [-0.2, 0) is 30.3 Å². The van der Waals surface area contributed by atoms with E-state index in [0.29, 0.717) is 19.4 Å². The molecule has 1 saturated heterocycles. The van der Waals surface area contributed by atoms with Gasteiger partial charge in [0.25, 0.3) is 5.91 Å². The van der Waals surface area contributed by atoms with Crippen LogP contribution in [0.4, 0.5) is 4.39 Å². The number of hydrogen-bond acceptors (Lipinski definition) is 5. The van der Waals surface area contributed by atoms with Gasteiger partial charge >= 0.3 is 5.97 Å². The lowest BCUT2D eigenvalue weighted by atomic mass is 10.1. The van der Waals surface area contributed by atoms with Crippen LogP contribution in [0.3, 0.4) is 0 Å². The highest BCUT2D eigenvalue weighted by molar-refractivity contribution is 5.97. The van der Waals surface area contributed by atoms with Gasteiger partial charge in [-0.15, -0.1) is 0 Å². The Labute approximate surface area is 139 Å². The summed E-state index contributed by atoms with van der Waals surface area (Å²) in [5, 5.41) is 1.12. The van der Waals surface area contributed by atoms with E-state index in [1.807, 2.05) is 0 Å². The van der Waals surface area contributed by atoms with Crippen molar-refractivity contribution < 1.29 is 28.3 Å². The molecule has 24 heavy (non-hydrogen) atoms. The van der Waals surface area contributed by atoms with Crippen LogP contribution in [-0.4, -0.2) is 36.4 Å². The number of hydrogen-bond donors (Lipinski definition) is 0. The van der Waals surface area contributed by atoms with Gasteiger partial charge in [-0.25, -0.2) is 14.2 Å².